The average molecular weight is 280 g/mol. The van der Waals surface area contributed by atoms with E-state index in [4.69, 9.17) is 17.3 Å². The highest BCUT2D eigenvalue weighted by atomic mass is 35.5. The van der Waals surface area contributed by atoms with Crippen molar-refractivity contribution in [3.63, 3.8) is 0 Å². The van der Waals surface area contributed by atoms with Crippen molar-refractivity contribution in [1.29, 1.82) is 0 Å². The molecule has 0 atom stereocenters. The Morgan fingerprint density at radius 3 is 2.83 bits per heavy atom. The summed E-state index contributed by atoms with van der Waals surface area (Å²) < 4.78 is 13.8. The van der Waals surface area contributed by atoms with Crippen molar-refractivity contribution >= 4 is 39.0 Å². The van der Waals surface area contributed by atoms with Gasteiger partial charge in [-0.3, -0.25) is 0 Å². The van der Waals surface area contributed by atoms with Gasteiger partial charge in [0.1, 0.15) is 16.5 Å². The number of rotatable bonds is 1. The molecule has 0 aliphatic heterocycles. The summed E-state index contributed by atoms with van der Waals surface area (Å²) in [5.41, 5.74) is 6.01. The lowest BCUT2D eigenvalue weighted by molar-refractivity contribution is 0.630. The van der Waals surface area contributed by atoms with Crippen molar-refractivity contribution in [2.45, 2.75) is 0 Å². The number of benzene rings is 1. The van der Waals surface area contributed by atoms with Gasteiger partial charge in [0, 0.05) is 0 Å². The van der Waals surface area contributed by atoms with E-state index in [0.29, 0.717) is 5.82 Å². The van der Waals surface area contributed by atoms with E-state index in [2.05, 4.69) is 9.97 Å². The summed E-state index contributed by atoms with van der Waals surface area (Å²) >= 11 is 7.41. The van der Waals surface area contributed by atoms with Crippen LogP contribution in [0.5, 0.6) is 0 Å². The van der Waals surface area contributed by atoms with Gasteiger partial charge >= 0.3 is 0 Å². The van der Waals surface area contributed by atoms with Crippen molar-refractivity contribution in [2.75, 3.05) is 5.73 Å². The minimum absolute atomic E-state index is 0.182. The fourth-order valence-electron chi connectivity index (χ4n) is 1.70. The van der Waals surface area contributed by atoms with E-state index in [1.165, 1.54) is 23.5 Å². The molecule has 0 unspecified atom stereocenters. The van der Waals surface area contributed by atoms with Gasteiger partial charge in [0.05, 0.1) is 16.0 Å². The second-order valence-electron chi connectivity index (χ2n) is 3.67. The van der Waals surface area contributed by atoms with Gasteiger partial charge in [-0.05, 0) is 23.6 Å². The van der Waals surface area contributed by atoms with Crippen LogP contribution in [0.1, 0.15) is 0 Å². The minimum atomic E-state index is -0.460. The summed E-state index contributed by atoms with van der Waals surface area (Å²) in [4.78, 5) is 9.12. The normalized spacial score (nSPS) is 11.0. The van der Waals surface area contributed by atoms with Gasteiger partial charge in [0.15, 0.2) is 5.82 Å². The number of hydrogen-bond acceptors (Lipinski definition) is 4. The molecule has 90 valence electrons. The van der Waals surface area contributed by atoms with E-state index in [0.717, 1.165) is 10.2 Å². The fourth-order valence-corrected chi connectivity index (χ4v) is 2.72. The lowest BCUT2D eigenvalue weighted by Gasteiger charge is -2.05. The van der Waals surface area contributed by atoms with Crippen LogP contribution in [0, 0.1) is 5.82 Å². The zero-order valence-electron chi connectivity index (χ0n) is 9.02. The molecule has 0 aliphatic carbocycles. The van der Waals surface area contributed by atoms with Crippen LogP contribution in [-0.2, 0) is 0 Å². The van der Waals surface area contributed by atoms with Crippen LogP contribution in [-0.4, -0.2) is 9.97 Å². The largest absolute Gasteiger partial charge is 0.383 e. The van der Waals surface area contributed by atoms with Gasteiger partial charge in [-0.1, -0.05) is 17.7 Å². The molecule has 3 rings (SSSR count). The predicted molar refractivity (Wildman–Crippen MR) is 72.2 cm³/mol. The highest BCUT2D eigenvalue weighted by molar-refractivity contribution is 7.16. The van der Waals surface area contributed by atoms with Gasteiger partial charge < -0.3 is 5.73 Å². The molecule has 2 N–H and O–H groups in total. The summed E-state index contributed by atoms with van der Waals surface area (Å²) in [6, 6.07) is 6.29. The molecule has 1 aromatic carbocycles. The van der Waals surface area contributed by atoms with Crippen LogP contribution in [0.4, 0.5) is 10.2 Å². The second-order valence-corrected chi connectivity index (χ2v) is 4.97. The molecule has 0 bridgehead atoms. The summed E-state index contributed by atoms with van der Waals surface area (Å²) in [5, 5.41) is 2.91. The van der Waals surface area contributed by atoms with E-state index in [-0.39, 0.29) is 16.4 Å². The number of aromatic nitrogens is 2. The Morgan fingerprint density at radius 2 is 2.06 bits per heavy atom. The number of thiophene rings is 1. The Kier molecular flexibility index (Phi) is 2.65. The molecule has 6 heteroatoms. The van der Waals surface area contributed by atoms with Gasteiger partial charge in [-0.2, -0.15) is 0 Å². The molecule has 3 nitrogen and oxygen atoms in total. The van der Waals surface area contributed by atoms with Crippen LogP contribution >= 0.6 is 22.9 Å². The molecule has 0 amide bonds. The Labute approximate surface area is 111 Å². The van der Waals surface area contributed by atoms with E-state index in [1.807, 2.05) is 11.4 Å². The molecular weight excluding hydrogens is 273 g/mol. The molecule has 0 fully saturated rings. The lowest BCUT2D eigenvalue weighted by Crippen LogP contribution is -1.98. The summed E-state index contributed by atoms with van der Waals surface area (Å²) in [6.07, 6.45) is 0. The molecular formula is C12H7ClFN3S. The Balaban J connectivity index is 2.31. The number of anilines is 1. The maximum atomic E-state index is 13.8. The maximum absolute atomic E-state index is 13.8. The van der Waals surface area contributed by atoms with Gasteiger partial charge in [-0.25, -0.2) is 14.4 Å². The number of halogens is 2. The summed E-state index contributed by atoms with van der Waals surface area (Å²) in [7, 11) is 0. The first-order valence-electron chi connectivity index (χ1n) is 5.12. The predicted octanol–water partition coefficient (Wildman–Crippen LogP) is 3.73. The summed E-state index contributed by atoms with van der Waals surface area (Å²) in [6.45, 7) is 0. The molecule has 0 spiro atoms. The van der Waals surface area contributed by atoms with Crippen LogP contribution in [0.3, 0.4) is 0 Å². The van der Waals surface area contributed by atoms with Crippen molar-refractivity contribution in [3.05, 3.63) is 40.5 Å². The Bertz CT molecular complexity index is 721. The molecule has 0 saturated carbocycles. The van der Waals surface area contributed by atoms with Crippen LogP contribution in [0.25, 0.3) is 21.6 Å². The number of nitrogen functional groups attached to an aromatic ring is 1. The zero-order chi connectivity index (χ0) is 12.7. The first-order valence-corrected chi connectivity index (χ1v) is 6.37. The molecule has 2 aromatic heterocycles. The Morgan fingerprint density at radius 1 is 1.22 bits per heavy atom. The lowest BCUT2D eigenvalue weighted by atomic mass is 10.2. The number of nitrogens with zero attached hydrogens (tertiary/aromatic N) is 2. The van der Waals surface area contributed by atoms with Crippen LogP contribution in [0.15, 0.2) is 29.6 Å². The molecule has 2 heterocycles. The van der Waals surface area contributed by atoms with Crippen molar-refractivity contribution < 1.29 is 4.39 Å². The van der Waals surface area contributed by atoms with E-state index in [9.17, 15) is 4.39 Å². The molecule has 3 aromatic rings. The van der Waals surface area contributed by atoms with Crippen molar-refractivity contribution in [3.8, 4) is 11.4 Å². The quantitative estimate of drug-likeness (QED) is 0.738. The van der Waals surface area contributed by atoms with Crippen LogP contribution < -0.4 is 5.73 Å². The standard InChI is InChI=1S/C12H7ClFN3S/c13-7-2-1-3-8(14)9(7)11-16-10(15)6-4-5-18-12(6)17-11/h1-5H,(H2,15,16,17). The third-order valence-corrected chi connectivity index (χ3v) is 3.66. The minimum Gasteiger partial charge on any atom is -0.383 e. The molecule has 0 radical (unpaired) electrons. The number of fused-ring (bicyclic) bond motifs is 1. The molecule has 0 aliphatic rings. The molecule has 18 heavy (non-hydrogen) atoms. The smallest absolute Gasteiger partial charge is 0.167 e. The van der Waals surface area contributed by atoms with Gasteiger partial charge in [-0.15, -0.1) is 11.3 Å². The third-order valence-electron chi connectivity index (χ3n) is 2.54. The highest BCUT2D eigenvalue weighted by Crippen LogP contribution is 2.31. The first kappa shape index (κ1) is 11.4. The van der Waals surface area contributed by atoms with Crippen molar-refractivity contribution in [2.24, 2.45) is 0 Å². The Hall–Kier alpha value is -1.72. The summed E-state index contributed by atoms with van der Waals surface area (Å²) in [5.74, 6) is 0.0823. The van der Waals surface area contributed by atoms with Crippen molar-refractivity contribution in [1.82, 2.24) is 9.97 Å². The average Bonchev–Trinajstić information content (AvgIpc) is 2.77. The monoisotopic (exact) mass is 279 g/mol. The zero-order valence-corrected chi connectivity index (χ0v) is 10.6. The van der Waals surface area contributed by atoms with Gasteiger partial charge in [0.25, 0.3) is 0 Å². The molecule has 0 saturated heterocycles. The van der Waals surface area contributed by atoms with Crippen LogP contribution in [0.2, 0.25) is 5.02 Å². The SMILES string of the molecule is Nc1nc(-c2c(F)cccc2Cl)nc2sccc12. The number of nitrogens with two attached hydrogens (primary N) is 1. The fraction of sp³-hybridized carbons (Fsp3) is 0. The van der Waals surface area contributed by atoms with E-state index < -0.39 is 5.82 Å². The first-order chi connectivity index (χ1) is 8.66. The van der Waals surface area contributed by atoms with E-state index in [1.54, 1.807) is 6.07 Å². The van der Waals surface area contributed by atoms with E-state index >= 15 is 0 Å². The second kappa shape index (κ2) is 4.19. The third kappa shape index (κ3) is 1.72. The van der Waals surface area contributed by atoms with Gasteiger partial charge in [0.2, 0.25) is 0 Å². The maximum Gasteiger partial charge on any atom is 0.167 e. The topological polar surface area (TPSA) is 51.8 Å². The number of hydrogen-bond donors (Lipinski definition) is 1. The highest BCUT2D eigenvalue weighted by Gasteiger charge is 2.15.